The first kappa shape index (κ1) is 15.1. The monoisotopic (exact) mass is 258 g/mol. The van der Waals surface area contributed by atoms with Gasteiger partial charge in [-0.1, -0.05) is 0 Å². The first-order chi connectivity index (χ1) is 8.11. The van der Waals surface area contributed by atoms with Gasteiger partial charge in [-0.2, -0.15) is 0 Å². The lowest BCUT2D eigenvalue weighted by Crippen LogP contribution is -2.46. The van der Waals surface area contributed by atoms with Gasteiger partial charge in [0.1, 0.15) is 18.0 Å². The molecule has 5 heteroatoms. The molecule has 0 aromatic rings. The van der Waals surface area contributed by atoms with E-state index in [-0.39, 0.29) is 18.5 Å². The fraction of sp³-hybridized carbons (Fsp3) is 0.846. The molecule has 18 heavy (non-hydrogen) atoms. The van der Waals surface area contributed by atoms with Crippen molar-refractivity contribution in [3.63, 3.8) is 0 Å². The third kappa shape index (κ3) is 5.14. The van der Waals surface area contributed by atoms with Crippen molar-refractivity contribution in [3.8, 4) is 0 Å². The quantitative estimate of drug-likeness (QED) is 0.571. The molecule has 1 rings (SSSR count). The van der Waals surface area contributed by atoms with Crippen molar-refractivity contribution in [1.29, 1.82) is 0 Å². The van der Waals surface area contributed by atoms with Crippen molar-refractivity contribution < 1.29 is 23.8 Å². The van der Waals surface area contributed by atoms with Crippen LogP contribution < -0.4 is 0 Å². The molecule has 0 radical (unpaired) electrons. The highest BCUT2D eigenvalue weighted by molar-refractivity contribution is 5.70. The van der Waals surface area contributed by atoms with Crippen LogP contribution in [-0.2, 0) is 23.8 Å². The molecule has 0 aromatic heterocycles. The van der Waals surface area contributed by atoms with Gasteiger partial charge in [-0.25, -0.2) is 0 Å². The molecule has 1 aliphatic rings. The number of hydrogen-bond donors (Lipinski definition) is 0. The lowest BCUT2D eigenvalue weighted by Gasteiger charge is -2.38. The Labute approximate surface area is 108 Å². The molecular formula is C13H22O5. The standard InChI is InChI=1S/C13H22O5/c1-12(2,3)18-11(15)7-9-6-10(8-14)17-13(4,5)16-9/h8-10H,6-7H2,1-5H3/t9-,10?/m1/s1. The van der Waals surface area contributed by atoms with Crippen LogP contribution in [0.15, 0.2) is 0 Å². The molecule has 2 atom stereocenters. The summed E-state index contributed by atoms with van der Waals surface area (Å²) in [5.41, 5.74) is -0.512. The SMILES string of the molecule is CC(C)(C)OC(=O)C[C@H]1CC(C=O)OC(C)(C)O1. The number of esters is 1. The first-order valence-corrected chi connectivity index (χ1v) is 6.14. The lowest BCUT2D eigenvalue weighted by atomic mass is 10.1. The summed E-state index contributed by atoms with van der Waals surface area (Å²) in [7, 11) is 0. The molecule has 1 heterocycles. The van der Waals surface area contributed by atoms with Gasteiger partial charge in [-0.05, 0) is 34.6 Å². The second-order valence-electron chi connectivity index (χ2n) is 5.96. The van der Waals surface area contributed by atoms with Crippen molar-refractivity contribution in [2.45, 2.75) is 71.1 Å². The Morgan fingerprint density at radius 1 is 1.39 bits per heavy atom. The predicted octanol–water partition coefficient (Wildman–Crippen LogP) is 1.83. The van der Waals surface area contributed by atoms with E-state index in [0.717, 1.165) is 6.29 Å². The van der Waals surface area contributed by atoms with E-state index in [0.29, 0.717) is 6.42 Å². The molecule has 1 unspecified atom stereocenters. The number of hydrogen-bond acceptors (Lipinski definition) is 5. The van der Waals surface area contributed by atoms with Crippen molar-refractivity contribution in [3.05, 3.63) is 0 Å². The smallest absolute Gasteiger partial charge is 0.308 e. The summed E-state index contributed by atoms with van der Waals surface area (Å²) in [6, 6.07) is 0. The fourth-order valence-corrected chi connectivity index (χ4v) is 1.93. The maximum absolute atomic E-state index is 11.7. The summed E-state index contributed by atoms with van der Waals surface area (Å²) in [5.74, 6) is -1.17. The largest absolute Gasteiger partial charge is 0.460 e. The Kier molecular flexibility index (Phi) is 4.50. The highest BCUT2D eigenvalue weighted by Gasteiger charge is 2.36. The second kappa shape index (κ2) is 5.36. The van der Waals surface area contributed by atoms with Crippen LogP contribution in [-0.4, -0.2) is 35.9 Å². The Hall–Kier alpha value is -0.940. The van der Waals surface area contributed by atoms with Crippen LogP contribution in [0, 0.1) is 0 Å². The van der Waals surface area contributed by atoms with Gasteiger partial charge in [0.25, 0.3) is 0 Å². The highest BCUT2D eigenvalue weighted by Crippen LogP contribution is 2.28. The zero-order valence-corrected chi connectivity index (χ0v) is 11.7. The summed E-state index contributed by atoms with van der Waals surface area (Å²) in [6.45, 7) is 8.89. The predicted molar refractivity (Wildman–Crippen MR) is 65.0 cm³/mol. The van der Waals surface area contributed by atoms with Crippen LogP contribution >= 0.6 is 0 Å². The van der Waals surface area contributed by atoms with Crippen molar-refractivity contribution in [1.82, 2.24) is 0 Å². The zero-order chi connectivity index (χ0) is 14.0. The van der Waals surface area contributed by atoms with Crippen LogP contribution in [0.1, 0.15) is 47.5 Å². The third-order valence-electron chi connectivity index (χ3n) is 2.35. The topological polar surface area (TPSA) is 61.8 Å². The van der Waals surface area contributed by atoms with E-state index >= 15 is 0 Å². The van der Waals surface area contributed by atoms with E-state index in [4.69, 9.17) is 14.2 Å². The van der Waals surface area contributed by atoms with Crippen LogP contribution in [0.3, 0.4) is 0 Å². The normalized spacial score (nSPS) is 27.6. The van der Waals surface area contributed by atoms with Gasteiger partial charge in [0.05, 0.1) is 12.5 Å². The van der Waals surface area contributed by atoms with Crippen molar-refractivity contribution in [2.24, 2.45) is 0 Å². The third-order valence-corrected chi connectivity index (χ3v) is 2.35. The molecule has 1 aliphatic heterocycles. The van der Waals surface area contributed by atoms with E-state index in [2.05, 4.69) is 0 Å². The lowest BCUT2D eigenvalue weighted by molar-refractivity contribution is -0.291. The van der Waals surface area contributed by atoms with Crippen LogP contribution in [0.4, 0.5) is 0 Å². The molecule has 104 valence electrons. The molecule has 5 nitrogen and oxygen atoms in total. The average Bonchev–Trinajstić information content (AvgIpc) is 2.11. The summed E-state index contributed by atoms with van der Waals surface area (Å²) in [5, 5.41) is 0. The van der Waals surface area contributed by atoms with Gasteiger partial charge in [0.2, 0.25) is 0 Å². The van der Waals surface area contributed by atoms with E-state index in [1.54, 1.807) is 13.8 Å². The summed E-state index contributed by atoms with van der Waals surface area (Å²) in [6.07, 6.45) is 0.382. The van der Waals surface area contributed by atoms with Crippen LogP contribution in [0.5, 0.6) is 0 Å². The summed E-state index contributed by atoms with van der Waals surface area (Å²) in [4.78, 5) is 22.5. The second-order valence-corrected chi connectivity index (χ2v) is 5.96. The average molecular weight is 258 g/mol. The van der Waals surface area contributed by atoms with Crippen LogP contribution in [0.25, 0.3) is 0 Å². The molecule has 0 aromatic carbocycles. The van der Waals surface area contributed by atoms with E-state index in [1.165, 1.54) is 0 Å². The van der Waals surface area contributed by atoms with Crippen LogP contribution in [0.2, 0.25) is 0 Å². The van der Waals surface area contributed by atoms with Gasteiger partial charge in [-0.15, -0.1) is 0 Å². The molecule has 0 aliphatic carbocycles. The van der Waals surface area contributed by atoms with E-state index in [9.17, 15) is 9.59 Å². The molecular weight excluding hydrogens is 236 g/mol. The molecule has 0 saturated carbocycles. The fourth-order valence-electron chi connectivity index (χ4n) is 1.93. The Morgan fingerprint density at radius 3 is 2.50 bits per heavy atom. The number of ether oxygens (including phenoxy) is 3. The molecule has 0 bridgehead atoms. The minimum absolute atomic E-state index is 0.133. The minimum atomic E-state index is -0.851. The molecule has 1 saturated heterocycles. The number of rotatable bonds is 3. The number of carbonyl (C=O) groups excluding carboxylic acids is 2. The molecule has 0 N–H and O–H groups in total. The zero-order valence-electron chi connectivity index (χ0n) is 11.7. The van der Waals surface area contributed by atoms with E-state index in [1.807, 2.05) is 20.8 Å². The van der Waals surface area contributed by atoms with Gasteiger partial charge in [0.15, 0.2) is 5.79 Å². The van der Waals surface area contributed by atoms with E-state index < -0.39 is 17.5 Å². The molecule has 1 fully saturated rings. The maximum atomic E-state index is 11.7. The first-order valence-electron chi connectivity index (χ1n) is 6.14. The Balaban J connectivity index is 2.56. The van der Waals surface area contributed by atoms with Gasteiger partial charge in [0, 0.05) is 6.42 Å². The minimum Gasteiger partial charge on any atom is -0.460 e. The highest BCUT2D eigenvalue weighted by atomic mass is 16.7. The Bertz CT molecular complexity index is 316. The Morgan fingerprint density at radius 2 is 2.00 bits per heavy atom. The summed E-state index contributed by atoms with van der Waals surface area (Å²) >= 11 is 0. The van der Waals surface area contributed by atoms with Gasteiger partial charge < -0.3 is 19.0 Å². The molecule has 0 amide bonds. The number of carbonyl (C=O) groups is 2. The number of aldehydes is 1. The van der Waals surface area contributed by atoms with Crippen molar-refractivity contribution >= 4 is 12.3 Å². The maximum Gasteiger partial charge on any atom is 0.308 e. The van der Waals surface area contributed by atoms with Gasteiger partial charge >= 0.3 is 5.97 Å². The summed E-state index contributed by atoms with van der Waals surface area (Å²) < 4.78 is 16.2. The van der Waals surface area contributed by atoms with Gasteiger partial charge in [-0.3, -0.25) is 4.79 Å². The van der Waals surface area contributed by atoms with Crippen molar-refractivity contribution in [2.75, 3.05) is 0 Å². The molecule has 0 spiro atoms.